The summed E-state index contributed by atoms with van der Waals surface area (Å²) in [6.45, 7) is 0. The Morgan fingerprint density at radius 3 is 2.84 bits per heavy atom. The average Bonchev–Trinajstić information content (AvgIpc) is 2.86. The van der Waals surface area contributed by atoms with Crippen LogP contribution in [-0.2, 0) is 4.79 Å². The molecule has 2 rings (SSSR count). The molecule has 2 N–H and O–H groups in total. The molecule has 6 heteroatoms. The monoisotopic (exact) mass is 274 g/mol. The largest absolute Gasteiger partial charge is 0.478 e. The van der Waals surface area contributed by atoms with Gasteiger partial charge in [0.05, 0.1) is 4.88 Å². The molecule has 0 saturated heterocycles. The molecule has 2 aromatic rings. The molecule has 0 saturated carbocycles. The average molecular weight is 274 g/mol. The summed E-state index contributed by atoms with van der Waals surface area (Å²) in [6.07, 6.45) is 3.97. The molecular formula is C13H10N2O3S. The number of amides is 1. The third-order valence-electron chi connectivity index (χ3n) is 2.21. The summed E-state index contributed by atoms with van der Waals surface area (Å²) >= 11 is 1.24. The number of rotatable bonds is 4. The predicted molar refractivity (Wildman–Crippen MR) is 73.2 cm³/mol. The lowest BCUT2D eigenvalue weighted by atomic mass is 10.2. The van der Waals surface area contributed by atoms with Gasteiger partial charge in [0.2, 0.25) is 0 Å². The topological polar surface area (TPSA) is 79.3 Å². The van der Waals surface area contributed by atoms with Crippen LogP contribution in [0.5, 0.6) is 0 Å². The van der Waals surface area contributed by atoms with E-state index in [2.05, 4.69) is 10.3 Å². The molecule has 0 unspecified atom stereocenters. The highest BCUT2D eigenvalue weighted by Gasteiger charge is 2.12. The molecule has 2 aromatic heterocycles. The second kappa shape index (κ2) is 5.92. The van der Waals surface area contributed by atoms with Crippen LogP contribution in [0.25, 0.3) is 6.08 Å². The molecule has 0 fully saturated rings. The first kappa shape index (κ1) is 13.0. The summed E-state index contributed by atoms with van der Waals surface area (Å²) in [4.78, 5) is 26.9. The van der Waals surface area contributed by atoms with Crippen molar-refractivity contribution < 1.29 is 14.7 Å². The van der Waals surface area contributed by atoms with E-state index < -0.39 is 5.97 Å². The number of aliphatic carboxylic acids is 1. The number of carbonyl (C=O) groups excluding carboxylic acids is 1. The third-order valence-corrected chi connectivity index (χ3v) is 3.14. The Labute approximate surface area is 113 Å². The molecular weight excluding hydrogens is 264 g/mol. The van der Waals surface area contributed by atoms with Crippen LogP contribution in [0.15, 0.2) is 41.9 Å². The molecule has 19 heavy (non-hydrogen) atoms. The van der Waals surface area contributed by atoms with Gasteiger partial charge in [-0.2, -0.15) is 0 Å². The number of pyridine rings is 1. The Balaban J connectivity index is 2.16. The lowest BCUT2D eigenvalue weighted by Gasteiger charge is -2.02. The highest BCUT2D eigenvalue weighted by Crippen LogP contribution is 2.19. The van der Waals surface area contributed by atoms with Gasteiger partial charge in [-0.05, 0) is 35.2 Å². The lowest BCUT2D eigenvalue weighted by molar-refractivity contribution is -0.131. The lowest BCUT2D eigenvalue weighted by Crippen LogP contribution is -2.12. The van der Waals surface area contributed by atoms with Crippen LogP contribution in [0, 0.1) is 0 Å². The van der Waals surface area contributed by atoms with Crippen LogP contribution in [0.4, 0.5) is 5.82 Å². The minimum Gasteiger partial charge on any atom is -0.478 e. The number of hydrogen-bond donors (Lipinski definition) is 2. The van der Waals surface area contributed by atoms with Gasteiger partial charge in [-0.25, -0.2) is 9.78 Å². The SMILES string of the molecule is O=C(O)/C=C/c1ccsc1C(=O)Nc1ccccn1. The molecule has 0 atom stereocenters. The molecule has 0 bridgehead atoms. The number of carboxylic acid groups (broad SMARTS) is 1. The molecule has 0 aliphatic heterocycles. The maximum absolute atomic E-state index is 12.0. The Bertz CT molecular complexity index is 620. The first-order chi connectivity index (χ1) is 9.16. The van der Waals surface area contributed by atoms with Crippen molar-refractivity contribution in [1.29, 1.82) is 0 Å². The number of aromatic nitrogens is 1. The first-order valence-electron chi connectivity index (χ1n) is 5.37. The van der Waals surface area contributed by atoms with Crippen LogP contribution in [-0.4, -0.2) is 22.0 Å². The Morgan fingerprint density at radius 1 is 1.32 bits per heavy atom. The van der Waals surface area contributed by atoms with Gasteiger partial charge in [-0.3, -0.25) is 4.79 Å². The number of nitrogens with zero attached hydrogens (tertiary/aromatic N) is 1. The van der Waals surface area contributed by atoms with Crippen molar-refractivity contribution in [2.45, 2.75) is 0 Å². The van der Waals surface area contributed by atoms with E-state index >= 15 is 0 Å². The van der Waals surface area contributed by atoms with Gasteiger partial charge >= 0.3 is 5.97 Å². The highest BCUT2D eigenvalue weighted by molar-refractivity contribution is 7.12. The van der Waals surface area contributed by atoms with Crippen molar-refractivity contribution >= 4 is 35.1 Å². The van der Waals surface area contributed by atoms with Crippen molar-refractivity contribution in [2.24, 2.45) is 0 Å². The van der Waals surface area contributed by atoms with Crippen molar-refractivity contribution in [1.82, 2.24) is 4.98 Å². The van der Waals surface area contributed by atoms with E-state index in [0.717, 1.165) is 6.08 Å². The van der Waals surface area contributed by atoms with Crippen LogP contribution in [0.1, 0.15) is 15.2 Å². The zero-order valence-electron chi connectivity index (χ0n) is 9.74. The first-order valence-corrected chi connectivity index (χ1v) is 6.25. The van der Waals surface area contributed by atoms with E-state index in [1.165, 1.54) is 17.4 Å². The maximum Gasteiger partial charge on any atom is 0.328 e. The van der Waals surface area contributed by atoms with Crippen LogP contribution >= 0.6 is 11.3 Å². The normalized spacial score (nSPS) is 10.5. The van der Waals surface area contributed by atoms with E-state index in [1.54, 1.807) is 35.8 Å². The van der Waals surface area contributed by atoms with Crippen LogP contribution in [0.3, 0.4) is 0 Å². The maximum atomic E-state index is 12.0. The van der Waals surface area contributed by atoms with Crippen molar-refractivity contribution in [3.8, 4) is 0 Å². The van der Waals surface area contributed by atoms with Gasteiger partial charge in [0, 0.05) is 12.3 Å². The van der Waals surface area contributed by atoms with Gasteiger partial charge < -0.3 is 10.4 Å². The van der Waals surface area contributed by atoms with Gasteiger partial charge in [-0.1, -0.05) is 6.07 Å². The fourth-order valence-electron chi connectivity index (χ4n) is 1.41. The van der Waals surface area contributed by atoms with Crippen molar-refractivity contribution in [3.63, 3.8) is 0 Å². The van der Waals surface area contributed by atoms with E-state index in [-0.39, 0.29) is 5.91 Å². The number of carboxylic acids is 1. The second-order valence-corrected chi connectivity index (χ2v) is 4.46. The highest BCUT2D eigenvalue weighted by atomic mass is 32.1. The minimum atomic E-state index is -1.05. The van der Waals surface area contributed by atoms with Crippen LogP contribution < -0.4 is 5.32 Å². The number of anilines is 1. The van der Waals surface area contributed by atoms with E-state index in [0.29, 0.717) is 16.3 Å². The molecule has 0 spiro atoms. The van der Waals surface area contributed by atoms with Gasteiger partial charge in [-0.15, -0.1) is 11.3 Å². The number of nitrogens with one attached hydrogen (secondary N) is 1. The smallest absolute Gasteiger partial charge is 0.328 e. The Morgan fingerprint density at radius 2 is 2.16 bits per heavy atom. The standard InChI is InChI=1S/C13H10N2O3S/c16-11(17)5-4-9-6-8-19-12(9)13(18)15-10-3-1-2-7-14-10/h1-8H,(H,16,17)(H,14,15,18)/b5-4+. The molecule has 1 amide bonds. The van der Waals surface area contributed by atoms with E-state index in [9.17, 15) is 9.59 Å². The van der Waals surface area contributed by atoms with Gasteiger partial charge in [0.15, 0.2) is 0 Å². The Hall–Kier alpha value is -2.47. The summed E-state index contributed by atoms with van der Waals surface area (Å²) in [7, 11) is 0. The van der Waals surface area contributed by atoms with Crippen molar-refractivity contribution in [2.75, 3.05) is 5.32 Å². The summed E-state index contributed by atoms with van der Waals surface area (Å²) in [5.74, 6) is -0.907. The van der Waals surface area contributed by atoms with E-state index in [1.807, 2.05) is 0 Å². The molecule has 96 valence electrons. The summed E-state index contributed by atoms with van der Waals surface area (Å²) in [6, 6.07) is 6.89. The molecule has 2 heterocycles. The fourth-order valence-corrected chi connectivity index (χ4v) is 2.19. The molecule has 0 radical (unpaired) electrons. The number of carbonyl (C=O) groups is 2. The van der Waals surface area contributed by atoms with Crippen LogP contribution in [0.2, 0.25) is 0 Å². The van der Waals surface area contributed by atoms with Gasteiger partial charge in [0.25, 0.3) is 5.91 Å². The Kier molecular flexibility index (Phi) is 4.04. The zero-order valence-corrected chi connectivity index (χ0v) is 10.6. The molecule has 5 nitrogen and oxygen atoms in total. The number of hydrogen-bond acceptors (Lipinski definition) is 4. The summed E-state index contributed by atoms with van der Waals surface area (Å²) in [5, 5.41) is 13.0. The molecule has 0 aliphatic carbocycles. The zero-order chi connectivity index (χ0) is 13.7. The summed E-state index contributed by atoms with van der Waals surface area (Å²) < 4.78 is 0. The van der Waals surface area contributed by atoms with Gasteiger partial charge in [0.1, 0.15) is 5.82 Å². The van der Waals surface area contributed by atoms with E-state index in [4.69, 9.17) is 5.11 Å². The predicted octanol–water partition coefficient (Wildman–Crippen LogP) is 2.49. The number of thiophene rings is 1. The summed E-state index contributed by atoms with van der Waals surface area (Å²) in [5.41, 5.74) is 0.570. The molecule has 0 aliphatic rings. The molecule has 0 aromatic carbocycles. The minimum absolute atomic E-state index is 0.307. The third kappa shape index (κ3) is 3.49. The fraction of sp³-hybridized carbons (Fsp3) is 0. The quantitative estimate of drug-likeness (QED) is 0.839. The van der Waals surface area contributed by atoms with Crippen molar-refractivity contribution in [3.05, 3.63) is 52.4 Å². The second-order valence-electron chi connectivity index (χ2n) is 3.55.